The fourth-order valence-electron chi connectivity index (χ4n) is 4.57. The maximum Gasteiger partial charge on any atom is 0.0706 e. The van der Waals surface area contributed by atoms with Gasteiger partial charge in [0.15, 0.2) is 0 Å². The molecule has 4 nitrogen and oxygen atoms in total. The molecular weight excluding hydrogens is 356 g/mol. The van der Waals surface area contributed by atoms with Crippen molar-refractivity contribution in [2.75, 3.05) is 25.5 Å². The number of rotatable bonds is 7. The summed E-state index contributed by atoms with van der Waals surface area (Å²) < 4.78 is 2.26. The van der Waals surface area contributed by atoms with Gasteiger partial charge in [0.1, 0.15) is 0 Å². The van der Waals surface area contributed by atoms with Gasteiger partial charge in [-0.15, -0.1) is 0 Å². The molecule has 0 saturated heterocycles. The molecule has 0 fully saturated rings. The second-order valence-corrected chi connectivity index (χ2v) is 8.35. The quantitative estimate of drug-likeness (QED) is 0.654. The van der Waals surface area contributed by atoms with Gasteiger partial charge in [-0.2, -0.15) is 5.10 Å². The molecule has 1 atom stereocenters. The van der Waals surface area contributed by atoms with Crippen molar-refractivity contribution in [3.63, 3.8) is 0 Å². The molecule has 2 N–H and O–H groups in total. The molecule has 0 bridgehead atoms. The van der Waals surface area contributed by atoms with Crippen LogP contribution in [-0.4, -0.2) is 30.4 Å². The molecule has 0 radical (unpaired) electrons. The normalized spacial score (nSPS) is 15.9. The van der Waals surface area contributed by atoms with Crippen LogP contribution in [0.1, 0.15) is 53.3 Å². The first-order valence-electron chi connectivity index (χ1n) is 10.7. The van der Waals surface area contributed by atoms with Crippen molar-refractivity contribution < 1.29 is 0 Å². The Hall–Kier alpha value is -2.59. The third kappa shape index (κ3) is 4.38. The van der Waals surface area contributed by atoms with E-state index in [0.717, 1.165) is 32.4 Å². The monoisotopic (exact) mass is 388 g/mol. The van der Waals surface area contributed by atoms with Gasteiger partial charge in [0.05, 0.1) is 12.2 Å². The summed E-state index contributed by atoms with van der Waals surface area (Å²) in [5, 5.41) is 5.14. The Morgan fingerprint density at radius 3 is 2.48 bits per heavy atom. The van der Waals surface area contributed by atoms with Crippen molar-refractivity contribution in [1.29, 1.82) is 0 Å². The van der Waals surface area contributed by atoms with Crippen LogP contribution in [-0.2, 0) is 19.4 Å². The van der Waals surface area contributed by atoms with Crippen molar-refractivity contribution in [3.8, 4) is 0 Å². The minimum Gasteiger partial charge on any atom is -0.378 e. The second-order valence-electron chi connectivity index (χ2n) is 8.35. The first-order chi connectivity index (χ1) is 14.2. The predicted octanol–water partition coefficient (Wildman–Crippen LogP) is 4.36. The molecule has 0 spiro atoms. The van der Waals surface area contributed by atoms with E-state index in [1.807, 2.05) is 0 Å². The van der Waals surface area contributed by atoms with Crippen molar-refractivity contribution in [2.24, 2.45) is 5.73 Å². The van der Waals surface area contributed by atoms with Crippen molar-refractivity contribution in [1.82, 2.24) is 9.78 Å². The van der Waals surface area contributed by atoms with Gasteiger partial charge >= 0.3 is 0 Å². The van der Waals surface area contributed by atoms with Crippen LogP contribution in [0.2, 0.25) is 0 Å². The Morgan fingerprint density at radius 1 is 1.03 bits per heavy atom. The minimum atomic E-state index is 0.548. The molecule has 0 amide bonds. The molecule has 0 aliphatic heterocycles. The zero-order valence-electron chi connectivity index (χ0n) is 17.6. The summed E-state index contributed by atoms with van der Waals surface area (Å²) in [4.78, 5) is 2.13. The lowest BCUT2D eigenvalue weighted by Gasteiger charge is -2.24. The largest absolute Gasteiger partial charge is 0.378 e. The predicted molar refractivity (Wildman–Crippen MR) is 121 cm³/mol. The molecule has 4 rings (SSSR count). The van der Waals surface area contributed by atoms with E-state index in [4.69, 9.17) is 10.8 Å². The highest BCUT2D eigenvalue weighted by Crippen LogP contribution is 2.37. The zero-order chi connectivity index (χ0) is 20.2. The third-order valence-corrected chi connectivity index (χ3v) is 6.06. The first-order valence-corrected chi connectivity index (χ1v) is 10.7. The fourth-order valence-corrected chi connectivity index (χ4v) is 4.57. The van der Waals surface area contributed by atoms with Gasteiger partial charge in [-0.3, -0.25) is 4.68 Å². The van der Waals surface area contributed by atoms with Gasteiger partial charge in [-0.25, -0.2) is 0 Å². The Bertz CT molecular complexity index is 925. The Morgan fingerprint density at radius 2 is 1.79 bits per heavy atom. The Kier molecular flexibility index (Phi) is 6.00. The number of benzene rings is 2. The molecule has 0 saturated carbocycles. The lowest BCUT2D eigenvalue weighted by Crippen LogP contribution is -2.16. The van der Waals surface area contributed by atoms with Crippen LogP contribution in [0.15, 0.2) is 54.6 Å². The van der Waals surface area contributed by atoms with E-state index in [2.05, 4.69) is 78.3 Å². The van der Waals surface area contributed by atoms with Gasteiger partial charge in [-0.05, 0) is 67.0 Å². The highest BCUT2D eigenvalue weighted by atomic mass is 15.3. The van der Waals surface area contributed by atoms with Crippen LogP contribution in [0.4, 0.5) is 5.69 Å². The molecule has 29 heavy (non-hydrogen) atoms. The average Bonchev–Trinajstić information content (AvgIpc) is 3.07. The molecule has 152 valence electrons. The zero-order valence-corrected chi connectivity index (χ0v) is 17.6. The number of aromatic nitrogens is 2. The van der Waals surface area contributed by atoms with E-state index < -0.39 is 0 Å². The van der Waals surface area contributed by atoms with Crippen molar-refractivity contribution >= 4 is 5.69 Å². The van der Waals surface area contributed by atoms with Crippen LogP contribution in [0.5, 0.6) is 0 Å². The summed E-state index contributed by atoms with van der Waals surface area (Å²) in [5.41, 5.74) is 14.0. The smallest absolute Gasteiger partial charge is 0.0706 e. The highest BCUT2D eigenvalue weighted by molar-refractivity contribution is 5.46. The number of nitrogens with two attached hydrogens (primary N) is 1. The number of anilines is 1. The summed E-state index contributed by atoms with van der Waals surface area (Å²) in [5.74, 6) is 0.548. The highest BCUT2D eigenvalue weighted by Gasteiger charge is 2.28. The van der Waals surface area contributed by atoms with Gasteiger partial charge in [0.25, 0.3) is 0 Å². The summed E-state index contributed by atoms with van der Waals surface area (Å²) in [6, 6.07) is 19.5. The van der Waals surface area contributed by atoms with Gasteiger partial charge in [0.2, 0.25) is 0 Å². The SMILES string of the molecule is CN(C)c1ccc(Cn2nc(Cc3ccccc3)c3c2CCCC3CCN)cc1. The van der Waals surface area contributed by atoms with E-state index in [1.54, 1.807) is 0 Å². The van der Waals surface area contributed by atoms with Gasteiger partial charge < -0.3 is 10.6 Å². The van der Waals surface area contributed by atoms with Crippen molar-refractivity contribution in [2.45, 2.75) is 44.6 Å². The second kappa shape index (κ2) is 8.83. The number of hydrogen-bond acceptors (Lipinski definition) is 3. The lowest BCUT2D eigenvalue weighted by molar-refractivity contribution is 0.505. The van der Waals surface area contributed by atoms with Crippen LogP contribution < -0.4 is 10.6 Å². The molecular formula is C25H32N4. The summed E-state index contributed by atoms with van der Waals surface area (Å²) in [7, 11) is 4.15. The van der Waals surface area contributed by atoms with E-state index in [0.29, 0.717) is 5.92 Å². The Labute approximate surface area is 174 Å². The van der Waals surface area contributed by atoms with Crippen LogP contribution in [0, 0.1) is 0 Å². The number of nitrogens with zero attached hydrogens (tertiary/aromatic N) is 3. The topological polar surface area (TPSA) is 47.1 Å². The molecule has 1 aromatic heterocycles. The summed E-state index contributed by atoms with van der Waals surface area (Å²) in [6.07, 6.45) is 5.53. The van der Waals surface area contributed by atoms with E-state index in [9.17, 15) is 0 Å². The molecule has 1 heterocycles. The fraction of sp³-hybridized carbons (Fsp3) is 0.400. The molecule has 1 aliphatic carbocycles. The van der Waals surface area contributed by atoms with Crippen molar-refractivity contribution in [3.05, 3.63) is 82.7 Å². The van der Waals surface area contributed by atoms with Crippen LogP contribution in [0.3, 0.4) is 0 Å². The van der Waals surface area contributed by atoms with Gasteiger partial charge in [-0.1, -0.05) is 42.5 Å². The third-order valence-electron chi connectivity index (χ3n) is 6.06. The maximum absolute atomic E-state index is 5.96. The van der Waals surface area contributed by atoms with Gasteiger partial charge in [0, 0.05) is 31.9 Å². The molecule has 1 aliphatic rings. The van der Waals surface area contributed by atoms with E-state index >= 15 is 0 Å². The lowest BCUT2D eigenvalue weighted by atomic mass is 9.82. The average molecular weight is 389 g/mol. The van der Waals surface area contributed by atoms with E-state index in [-0.39, 0.29) is 0 Å². The first kappa shape index (κ1) is 19.7. The Balaban J connectivity index is 1.67. The minimum absolute atomic E-state index is 0.548. The molecule has 1 unspecified atom stereocenters. The standard InChI is InChI=1S/C25H32N4/c1-28(2)22-13-11-20(12-14-22)18-29-24-10-6-9-21(15-16-26)25(24)23(27-29)17-19-7-4-3-5-8-19/h3-5,7-8,11-14,21H,6,9-10,15-18,26H2,1-2H3. The molecule has 3 aromatic rings. The summed E-state index contributed by atoms with van der Waals surface area (Å²) >= 11 is 0. The van der Waals surface area contributed by atoms with E-state index in [1.165, 1.54) is 46.6 Å². The summed E-state index contributed by atoms with van der Waals surface area (Å²) in [6.45, 7) is 1.58. The number of hydrogen-bond donors (Lipinski definition) is 1. The molecule has 4 heteroatoms. The van der Waals surface area contributed by atoms with Crippen LogP contribution >= 0.6 is 0 Å². The molecule has 2 aromatic carbocycles. The van der Waals surface area contributed by atoms with Crippen LogP contribution in [0.25, 0.3) is 0 Å². The maximum atomic E-state index is 5.96. The number of fused-ring (bicyclic) bond motifs is 1.